The summed E-state index contributed by atoms with van der Waals surface area (Å²) < 4.78 is 33.4. The smallest absolute Gasteiger partial charge is 0.472 e. The van der Waals surface area contributed by atoms with Crippen LogP contribution in [0.25, 0.3) is 0 Å². The minimum absolute atomic E-state index is 0.0164. The van der Waals surface area contributed by atoms with Crippen LogP contribution in [0.4, 0.5) is 0 Å². The molecular weight excluding hydrogens is 778 g/mol. The molecule has 3 unspecified atom stereocenters. The minimum atomic E-state index is -4.62. The zero-order valence-electron chi connectivity index (χ0n) is 38.3. The summed E-state index contributed by atoms with van der Waals surface area (Å²) in [4.78, 5) is 33.6. The second kappa shape index (κ2) is 45.0. The molecule has 60 heavy (non-hydrogen) atoms. The Morgan fingerprint density at radius 3 is 1.45 bits per heavy atom. The lowest BCUT2D eigenvalue weighted by atomic mass is 10.0. The van der Waals surface area contributed by atoms with Crippen molar-refractivity contribution in [2.75, 3.05) is 26.4 Å². The maximum Gasteiger partial charge on any atom is 0.472 e. The van der Waals surface area contributed by atoms with Crippen molar-refractivity contribution in [3.63, 3.8) is 0 Å². The molecule has 0 fully saturated rings. The highest BCUT2D eigenvalue weighted by Gasteiger charge is 2.27. The summed E-state index contributed by atoms with van der Waals surface area (Å²) in [5, 5.41) is 8.91. The first-order valence-electron chi connectivity index (χ1n) is 24.2. The quantitative estimate of drug-likeness (QED) is 0.0233. The van der Waals surface area contributed by atoms with Crippen molar-refractivity contribution in [1.29, 1.82) is 0 Å². The van der Waals surface area contributed by atoms with Gasteiger partial charge in [-0.1, -0.05) is 204 Å². The van der Waals surface area contributed by atoms with E-state index < -0.39 is 45.1 Å². The molecule has 0 aliphatic carbocycles. The predicted octanol–water partition coefficient (Wildman–Crippen LogP) is 13.8. The fraction of sp³-hybridized carbons (Fsp3) is 0.796. The molecule has 4 N–H and O–H groups in total. The van der Waals surface area contributed by atoms with Crippen LogP contribution in [0.3, 0.4) is 0 Å². The third-order valence-electron chi connectivity index (χ3n) is 10.4. The molecule has 0 aromatic rings. The number of hydrogen-bond donors (Lipinski definition) is 3. The number of carboxylic acid groups (broad SMARTS) is 1. The molecule has 0 heterocycles. The standard InChI is InChI=1S/C49H90NO9P/c1-3-5-7-9-11-13-15-17-19-20-21-22-23-24-25-26-27-28-30-32-34-36-38-40-42-56-43-46(44-57-60(54,55)58-45-47(50)49(52)53)59-48(51)41-39-37-35-33-31-29-18-16-14-12-10-8-6-4-2/h5,7,11,13,17,19,21-22,46-47H,3-4,6,8-10,12,14-16,18,20,23-45,50H2,1-2H3,(H,52,53)(H,54,55)/b7-5-,13-11-,19-17-,22-21-. The summed E-state index contributed by atoms with van der Waals surface area (Å²) in [6, 6.07) is -1.47. The van der Waals surface area contributed by atoms with Crippen LogP contribution in [-0.4, -0.2) is 60.5 Å². The summed E-state index contributed by atoms with van der Waals surface area (Å²) in [5.41, 5.74) is 5.37. The van der Waals surface area contributed by atoms with Gasteiger partial charge in [0.25, 0.3) is 0 Å². The van der Waals surface area contributed by atoms with Crippen LogP contribution in [-0.2, 0) is 32.7 Å². The van der Waals surface area contributed by atoms with Crippen LogP contribution in [0.1, 0.15) is 213 Å². The number of esters is 1. The number of phosphoric acid groups is 1. The van der Waals surface area contributed by atoms with Crippen LogP contribution in [0.5, 0.6) is 0 Å². The van der Waals surface area contributed by atoms with Gasteiger partial charge in [-0.3, -0.25) is 18.6 Å². The monoisotopic (exact) mass is 868 g/mol. The highest BCUT2D eigenvalue weighted by Crippen LogP contribution is 2.43. The number of aliphatic carboxylic acids is 1. The van der Waals surface area contributed by atoms with E-state index in [-0.39, 0.29) is 13.0 Å². The zero-order chi connectivity index (χ0) is 44.0. The van der Waals surface area contributed by atoms with Gasteiger partial charge < -0.3 is 25.2 Å². The van der Waals surface area contributed by atoms with Crippen LogP contribution in [0.2, 0.25) is 0 Å². The van der Waals surface area contributed by atoms with Gasteiger partial charge in [0, 0.05) is 13.0 Å². The fourth-order valence-electron chi connectivity index (χ4n) is 6.65. The van der Waals surface area contributed by atoms with Gasteiger partial charge in [0.15, 0.2) is 0 Å². The van der Waals surface area contributed by atoms with Crippen molar-refractivity contribution in [2.45, 2.75) is 225 Å². The maximum absolute atomic E-state index is 12.6. The largest absolute Gasteiger partial charge is 0.480 e. The number of phosphoric ester groups is 1. The third kappa shape index (κ3) is 44.0. The van der Waals surface area contributed by atoms with E-state index in [1.54, 1.807) is 0 Å². The van der Waals surface area contributed by atoms with E-state index in [0.717, 1.165) is 57.8 Å². The number of hydrogen-bond acceptors (Lipinski definition) is 8. The average Bonchev–Trinajstić information content (AvgIpc) is 3.23. The normalized spacial score (nSPS) is 14.2. The van der Waals surface area contributed by atoms with Crippen molar-refractivity contribution in [3.05, 3.63) is 48.6 Å². The molecule has 0 rings (SSSR count). The molecule has 11 heteroatoms. The Hall–Kier alpha value is -2.07. The van der Waals surface area contributed by atoms with E-state index in [4.69, 9.17) is 29.4 Å². The molecule has 3 atom stereocenters. The van der Waals surface area contributed by atoms with E-state index >= 15 is 0 Å². The predicted molar refractivity (Wildman–Crippen MR) is 249 cm³/mol. The number of carboxylic acids is 1. The molecule has 10 nitrogen and oxygen atoms in total. The van der Waals surface area contributed by atoms with Gasteiger partial charge in [-0.05, 0) is 51.4 Å². The number of nitrogens with two attached hydrogens (primary N) is 1. The first-order valence-corrected chi connectivity index (χ1v) is 25.7. The third-order valence-corrected chi connectivity index (χ3v) is 11.3. The SMILES string of the molecule is CC/C=C\C/C=C\C/C=C\C/C=C\CCCCCCCCCCCCCOCC(COP(=O)(O)OCC(N)C(=O)O)OC(=O)CCCCCCCCCCCCCCCC. The minimum Gasteiger partial charge on any atom is -0.480 e. The molecule has 0 aliphatic heterocycles. The number of ether oxygens (including phenoxy) is 2. The highest BCUT2D eigenvalue weighted by molar-refractivity contribution is 7.47. The van der Waals surface area contributed by atoms with Crippen molar-refractivity contribution >= 4 is 19.8 Å². The molecule has 0 aromatic heterocycles. The molecule has 0 aliphatic rings. The summed E-state index contributed by atoms with van der Waals surface area (Å²) in [6.07, 6.45) is 53.1. The number of unbranched alkanes of at least 4 members (excludes halogenated alkanes) is 24. The van der Waals surface area contributed by atoms with E-state index in [2.05, 4.69) is 62.5 Å². The lowest BCUT2D eigenvalue weighted by Crippen LogP contribution is -2.34. The Bertz CT molecular complexity index is 1140. The molecule has 0 spiro atoms. The summed E-state index contributed by atoms with van der Waals surface area (Å²) in [7, 11) is -4.62. The number of rotatable bonds is 46. The molecule has 0 saturated carbocycles. The molecule has 350 valence electrons. The summed E-state index contributed by atoms with van der Waals surface area (Å²) in [6.45, 7) is 3.78. The van der Waals surface area contributed by atoms with Crippen molar-refractivity contribution in [3.8, 4) is 0 Å². The van der Waals surface area contributed by atoms with Crippen LogP contribution < -0.4 is 5.73 Å². The molecule has 0 saturated heterocycles. The molecule has 0 aromatic carbocycles. The topological polar surface area (TPSA) is 155 Å². The Morgan fingerprint density at radius 2 is 0.967 bits per heavy atom. The second-order valence-electron chi connectivity index (χ2n) is 16.2. The van der Waals surface area contributed by atoms with Crippen molar-refractivity contribution in [1.82, 2.24) is 0 Å². The van der Waals surface area contributed by atoms with E-state index in [1.807, 2.05) is 0 Å². The van der Waals surface area contributed by atoms with Crippen molar-refractivity contribution in [2.24, 2.45) is 5.73 Å². The second-order valence-corrected chi connectivity index (χ2v) is 17.7. The lowest BCUT2D eigenvalue weighted by molar-refractivity contribution is -0.154. The fourth-order valence-corrected chi connectivity index (χ4v) is 7.43. The molecular formula is C49H90NO9P. The maximum atomic E-state index is 12.6. The Kier molecular flexibility index (Phi) is 43.4. The lowest BCUT2D eigenvalue weighted by Gasteiger charge is -2.20. The Morgan fingerprint density at radius 1 is 0.550 bits per heavy atom. The van der Waals surface area contributed by atoms with E-state index in [0.29, 0.717) is 13.0 Å². The molecule has 0 bridgehead atoms. The zero-order valence-corrected chi connectivity index (χ0v) is 39.2. The van der Waals surface area contributed by atoms with E-state index in [9.17, 15) is 19.0 Å². The van der Waals surface area contributed by atoms with Crippen LogP contribution in [0.15, 0.2) is 48.6 Å². The van der Waals surface area contributed by atoms with Gasteiger partial charge in [-0.15, -0.1) is 0 Å². The van der Waals surface area contributed by atoms with Crippen molar-refractivity contribution < 1.29 is 42.7 Å². The van der Waals surface area contributed by atoms with Crippen LogP contribution in [0, 0.1) is 0 Å². The van der Waals surface area contributed by atoms with E-state index in [1.165, 1.54) is 128 Å². The van der Waals surface area contributed by atoms with Gasteiger partial charge in [0.05, 0.1) is 19.8 Å². The first kappa shape index (κ1) is 57.9. The number of allylic oxidation sites excluding steroid dienone is 8. The van der Waals surface area contributed by atoms with Gasteiger partial charge >= 0.3 is 19.8 Å². The van der Waals surface area contributed by atoms with Gasteiger partial charge in [-0.25, -0.2) is 4.57 Å². The Balaban J connectivity index is 4.12. The van der Waals surface area contributed by atoms with Gasteiger partial charge in [0.1, 0.15) is 12.1 Å². The van der Waals surface area contributed by atoms with Crippen LogP contribution >= 0.6 is 7.82 Å². The average molecular weight is 868 g/mol. The molecule has 0 amide bonds. The Labute approximate surface area is 367 Å². The number of carbonyl (C=O) groups excluding carboxylic acids is 1. The summed E-state index contributed by atoms with van der Waals surface area (Å²) in [5.74, 6) is -1.77. The molecule has 0 radical (unpaired) electrons. The summed E-state index contributed by atoms with van der Waals surface area (Å²) >= 11 is 0. The number of carbonyl (C=O) groups is 2. The van der Waals surface area contributed by atoms with Gasteiger partial charge in [-0.2, -0.15) is 0 Å². The van der Waals surface area contributed by atoms with Gasteiger partial charge in [0.2, 0.25) is 0 Å². The first-order chi connectivity index (χ1) is 29.2. The highest BCUT2D eigenvalue weighted by atomic mass is 31.2.